The third kappa shape index (κ3) is 3.29. The molecule has 1 atom stereocenters. The molecule has 0 unspecified atom stereocenters. The molecule has 140 valence electrons. The fraction of sp³-hybridized carbons (Fsp3) is 0.143. The molecule has 0 fully saturated rings. The van der Waals surface area contributed by atoms with Crippen molar-refractivity contribution in [3.63, 3.8) is 0 Å². The van der Waals surface area contributed by atoms with Crippen molar-refractivity contribution in [2.24, 2.45) is 0 Å². The molecule has 0 saturated carbocycles. The maximum absolute atomic E-state index is 12.7. The van der Waals surface area contributed by atoms with Crippen LogP contribution in [0.15, 0.2) is 71.9 Å². The quantitative estimate of drug-likeness (QED) is 0.563. The van der Waals surface area contributed by atoms with Crippen LogP contribution in [0.25, 0.3) is 16.9 Å². The van der Waals surface area contributed by atoms with Gasteiger partial charge in [-0.05, 0) is 24.1 Å². The Balaban J connectivity index is 1.59. The van der Waals surface area contributed by atoms with Gasteiger partial charge in [-0.1, -0.05) is 43.3 Å². The Kier molecular flexibility index (Phi) is 4.72. The van der Waals surface area contributed by atoms with Gasteiger partial charge >= 0.3 is 0 Å². The fourth-order valence-electron chi connectivity index (χ4n) is 3.06. The van der Waals surface area contributed by atoms with Gasteiger partial charge in [0.15, 0.2) is 0 Å². The number of hydrogen-bond donors (Lipinski definition) is 2. The first-order chi connectivity index (χ1) is 13.7. The number of rotatable bonds is 5. The maximum atomic E-state index is 12.7. The summed E-state index contributed by atoms with van der Waals surface area (Å²) in [7, 11) is 0. The van der Waals surface area contributed by atoms with E-state index in [0.717, 1.165) is 11.3 Å². The van der Waals surface area contributed by atoms with Crippen LogP contribution in [0.4, 0.5) is 0 Å². The molecule has 4 aromatic rings. The van der Waals surface area contributed by atoms with E-state index in [1.165, 1.54) is 10.6 Å². The van der Waals surface area contributed by atoms with Crippen LogP contribution in [0, 0.1) is 0 Å². The van der Waals surface area contributed by atoms with Crippen molar-refractivity contribution in [1.82, 2.24) is 24.7 Å². The van der Waals surface area contributed by atoms with Gasteiger partial charge in [0.05, 0.1) is 17.9 Å². The smallest absolute Gasteiger partial charge is 0.270 e. The van der Waals surface area contributed by atoms with E-state index in [9.17, 15) is 9.59 Å². The molecule has 0 aliphatic carbocycles. The minimum absolute atomic E-state index is 0.00279. The lowest BCUT2D eigenvalue weighted by atomic mass is 10.2. The highest BCUT2D eigenvalue weighted by atomic mass is 16.2. The number of aromatic nitrogens is 4. The largest absolute Gasteiger partial charge is 0.342 e. The van der Waals surface area contributed by atoms with Crippen molar-refractivity contribution in [3.8, 4) is 11.3 Å². The summed E-state index contributed by atoms with van der Waals surface area (Å²) >= 11 is 0. The molecule has 0 bridgehead atoms. The highest BCUT2D eigenvalue weighted by molar-refractivity contribution is 5.94. The Bertz CT molecular complexity index is 1180. The van der Waals surface area contributed by atoms with E-state index in [4.69, 9.17) is 0 Å². The number of H-pyrrole nitrogens is 1. The molecule has 3 aromatic heterocycles. The second-order valence-corrected chi connectivity index (χ2v) is 6.39. The molecule has 28 heavy (non-hydrogen) atoms. The van der Waals surface area contributed by atoms with Gasteiger partial charge in [0.25, 0.3) is 11.5 Å². The lowest BCUT2D eigenvalue weighted by molar-refractivity contribution is 0.0932. The van der Waals surface area contributed by atoms with Gasteiger partial charge in [-0.25, -0.2) is 9.97 Å². The van der Waals surface area contributed by atoms with Crippen LogP contribution < -0.4 is 10.9 Å². The van der Waals surface area contributed by atoms with Gasteiger partial charge in [-0.3, -0.25) is 14.0 Å². The average molecular weight is 373 g/mol. The zero-order chi connectivity index (χ0) is 19.5. The number of nitrogens with one attached hydrogen (secondary N) is 2. The molecule has 0 spiro atoms. The van der Waals surface area contributed by atoms with Gasteiger partial charge in [0.2, 0.25) is 0 Å². The summed E-state index contributed by atoms with van der Waals surface area (Å²) in [4.78, 5) is 37.2. The maximum Gasteiger partial charge on any atom is 0.270 e. The second kappa shape index (κ2) is 7.48. The summed E-state index contributed by atoms with van der Waals surface area (Å²) in [5.74, 6) is 0.170. The third-order valence-electron chi connectivity index (χ3n) is 4.58. The zero-order valence-corrected chi connectivity index (χ0v) is 15.3. The SMILES string of the molecule is CC[C@H](NC(=O)c1cnc2ccccn2c1=O)c1ncc(-c2ccccc2)[nH]1. The number of benzene rings is 1. The number of fused-ring (bicyclic) bond motifs is 1. The molecule has 0 radical (unpaired) electrons. The minimum atomic E-state index is -0.472. The molecule has 0 saturated heterocycles. The minimum Gasteiger partial charge on any atom is -0.342 e. The van der Waals surface area contributed by atoms with Gasteiger partial charge in [0, 0.05) is 12.4 Å². The van der Waals surface area contributed by atoms with Crippen molar-refractivity contribution in [2.75, 3.05) is 0 Å². The molecule has 1 amide bonds. The van der Waals surface area contributed by atoms with Gasteiger partial charge < -0.3 is 10.3 Å². The van der Waals surface area contributed by atoms with Crippen LogP contribution in [0.1, 0.15) is 35.6 Å². The number of amides is 1. The van der Waals surface area contributed by atoms with Crippen LogP contribution in [0.5, 0.6) is 0 Å². The number of carbonyl (C=O) groups excluding carboxylic acids is 1. The Morgan fingerprint density at radius 2 is 1.89 bits per heavy atom. The summed E-state index contributed by atoms with van der Waals surface area (Å²) in [6, 6.07) is 14.7. The number of hydrogen-bond acceptors (Lipinski definition) is 4. The van der Waals surface area contributed by atoms with Crippen LogP contribution >= 0.6 is 0 Å². The number of imidazole rings is 1. The molecular weight excluding hydrogens is 354 g/mol. The van der Waals surface area contributed by atoms with Crippen LogP contribution in [-0.4, -0.2) is 25.3 Å². The molecule has 7 nitrogen and oxygen atoms in total. The van der Waals surface area contributed by atoms with E-state index in [1.54, 1.807) is 30.6 Å². The number of aromatic amines is 1. The van der Waals surface area contributed by atoms with E-state index in [2.05, 4.69) is 20.3 Å². The number of carbonyl (C=O) groups is 1. The van der Waals surface area contributed by atoms with Crippen molar-refractivity contribution < 1.29 is 4.79 Å². The first-order valence-corrected chi connectivity index (χ1v) is 9.05. The van der Waals surface area contributed by atoms with E-state index in [-0.39, 0.29) is 11.6 Å². The van der Waals surface area contributed by atoms with Crippen LogP contribution in [0.2, 0.25) is 0 Å². The van der Waals surface area contributed by atoms with Crippen molar-refractivity contribution in [1.29, 1.82) is 0 Å². The van der Waals surface area contributed by atoms with E-state index >= 15 is 0 Å². The number of pyridine rings is 1. The Hall–Kier alpha value is -3.74. The van der Waals surface area contributed by atoms with E-state index in [0.29, 0.717) is 17.9 Å². The molecule has 0 aliphatic heterocycles. The first-order valence-electron chi connectivity index (χ1n) is 9.05. The standard InChI is InChI=1S/C21H19N5O2/c1-2-16(19-23-13-17(24-19)14-8-4-3-5-9-14)25-20(27)15-12-22-18-10-6-7-11-26(18)21(15)28/h3-13,16H,2H2,1H3,(H,23,24)(H,25,27)/t16-/m0/s1. The Morgan fingerprint density at radius 1 is 1.11 bits per heavy atom. The average Bonchev–Trinajstić information content (AvgIpc) is 3.23. The topological polar surface area (TPSA) is 92.2 Å². The third-order valence-corrected chi connectivity index (χ3v) is 4.58. The van der Waals surface area contributed by atoms with E-state index in [1.807, 2.05) is 37.3 Å². The number of nitrogens with zero attached hydrogens (tertiary/aromatic N) is 3. The molecule has 7 heteroatoms. The monoisotopic (exact) mass is 373 g/mol. The van der Waals surface area contributed by atoms with Gasteiger partial charge in [-0.15, -0.1) is 0 Å². The van der Waals surface area contributed by atoms with Crippen LogP contribution in [0.3, 0.4) is 0 Å². The normalized spacial score (nSPS) is 12.0. The lowest BCUT2D eigenvalue weighted by Gasteiger charge is -2.14. The molecule has 0 aliphatic rings. The second-order valence-electron chi connectivity index (χ2n) is 6.39. The predicted octanol–water partition coefficient (Wildman–Crippen LogP) is 2.97. The summed E-state index contributed by atoms with van der Waals surface area (Å²) in [5, 5.41) is 2.88. The van der Waals surface area contributed by atoms with Crippen LogP contribution in [-0.2, 0) is 0 Å². The highest BCUT2D eigenvalue weighted by Crippen LogP contribution is 2.20. The van der Waals surface area contributed by atoms with Crippen molar-refractivity contribution in [2.45, 2.75) is 19.4 Å². The summed E-state index contributed by atoms with van der Waals surface area (Å²) in [6.45, 7) is 1.95. The Morgan fingerprint density at radius 3 is 2.68 bits per heavy atom. The summed E-state index contributed by atoms with van der Waals surface area (Å²) in [6.07, 6.45) is 5.27. The summed E-state index contributed by atoms with van der Waals surface area (Å²) in [5.41, 5.74) is 1.98. The van der Waals surface area contributed by atoms with Crippen molar-refractivity contribution >= 4 is 11.6 Å². The van der Waals surface area contributed by atoms with Gasteiger partial charge in [-0.2, -0.15) is 0 Å². The fourth-order valence-corrected chi connectivity index (χ4v) is 3.06. The molecule has 1 aromatic carbocycles. The van der Waals surface area contributed by atoms with Crippen molar-refractivity contribution in [3.05, 3.63) is 88.9 Å². The Labute approximate surface area is 161 Å². The lowest BCUT2D eigenvalue weighted by Crippen LogP contribution is -2.34. The highest BCUT2D eigenvalue weighted by Gasteiger charge is 2.20. The molecule has 4 rings (SSSR count). The predicted molar refractivity (Wildman–Crippen MR) is 106 cm³/mol. The van der Waals surface area contributed by atoms with E-state index < -0.39 is 11.5 Å². The molecule has 3 heterocycles. The molecular formula is C21H19N5O2. The first kappa shape index (κ1) is 17.7. The molecule has 2 N–H and O–H groups in total. The van der Waals surface area contributed by atoms with Gasteiger partial charge in [0.1, 0.15) is 17.0 Å². The zero-order valence-electron chi connectivity index (χ0n) is 15.3. The summed E-state index contributed by atoms with van der Waals surface area (Å²) < 4.78 is 1.36.